The van der Waals surface area contributed by atoms with Gasteiger partial charge in [0, 0.05) is 24.3 Å². The Morgan fingerprint density at radius 3 is 2.46 bits per heavy atom. The summed E-state index contributed by atoms with van der Waals surface area (Å²) in [4.78, 5) is 12.1. The van der Waals surface area contributed by atoms with Crippen LogP contribution in [0.1, 0.15) is 22.8 Å². The second kappa shape index (κ2) is 6.40. The van der Waals surface area contributed by atoms with E-state index in [0.717, 1.165) is 28.6 Å². The van der Waals surface area contributed by atoms with Crippen LogP contribution in [-0.2, 0) is 18.0 Å². The van der Waals surface area contributed by atoms with E-state index in [-0.39, 0.29) is 6.61 Å². The zero-order valence-corrected chi connectivity index (χ0v) is 15.1. The Bertz CT molecular complexity index is 1190. The number of hydrogen-bond donors (Lipinski definition) is 0. The van der Waals surface area contributed by atoms with Gasteiger partial charge < -0.3 is 9.30 Å². The molecule has 0 N–H and O–H groups in total. The maximum Gasteiger partial charge on any atom is 0.416 e. The van der Waals surface area contributed by atoms with Crippen molar-refractivity contribution < 1.29 is 22.7 Å². The highest BCUT2D eigenvalue weighted by Gasteiger charge is 2.30. The van der Waals surface area contributed by atoms with Crippen LogP contribution in [0.15, 0.2) is 48.7 Å². The van der Waals surface area contributed by atoms with Crippen molar-refractivity contribution in [2.75, 3.05) is 6.61 Å². The standard InChI is InChI=1S/C20H16F3N3O2/c1-3-28-19(27)12-4-9-16-15(10-12)18-17(11-25(2)24-18)26(16)14-7-5-13(6-8-14)20(21,22)23/h4-11H,3H2,1-2H3. The van der Waals surface area contributed by atoms with Crippen LogP contribution in [0.2, 0.25) is 0 Å². The van der Waals surface area contributed by atoms with Crippen molar-refractivity contribution in [1.29, 1.82) is 0 Å². The first-order chi connectivity index (χ1) is 13.3. The van der Waals surface area contributed by atoms with Gasteiger partial charge in [0.25, 0.3) is 0 Å². The van der Waals surface area contributed by atoms with Crippen LogP contribution >= 0.6 is 0 Å². The molecule has 0 aliphatic heterocycles. The van der Waals surface area contributed by atoms with Crippen LogP contribution in [0.25, 0.3) is 27.6 Å². The summed E-state index contributed by atoms with van der Waals surface area (Å²) in [7, 11) is 1.76. The lowest BCUT2D eigenvalue weighted by molar-refractivity contribution is -0.137. The molecule has 0 saturated heterocycles. The zero-order valence-electron chi connectivity index (χ0n) is 15.1. The third-order valence-corrected chi connectivity index (χ3v) is 4.51. The maximum absolute atomic E-state index is 12.9. The molecule has 4 aromatic rings. The summed E-state index contributed by atoms with van der Waals surface area (Å²) in [6.07, 6.45) is -2.60. The minimum atomic E-state index is -4.39. The number of hydrogen-bond acceptors (Lipinski definition) is 3. The quantitative estimate of drug-likeness (QED) is 0.478. The Balaban J connectivity index is 1.93. The predicted molar refractivity (Wildman–Crippen MR) is 98.5 cm³/mol. The lowest BCUT2D eigenvalue weighted by Gasteiger charge is -2.10. The average Bonchev–Trinajstić information content (AvgIpc) is 3.15. The first kappa shape index (κ1) is 18.1. The van der Waals surface area contributed by atoms with Gasteiger partial charge in [-0.1, -0.05) is 0 Å². The number of carbonyl (C=O) groups excluding carboxylic acids is 1. The van der Waals surface area contributed by atoms with E-state index in [0.29, 0.717) is 16.8 Å². The maximum atomic E-state index is 12.9. The topological polar surface area (TPSA) is 49.0 Å². The second-order valence-corrected chi connectivity index (χ2v) is 6.37. The summed E-state index contributed by atoms with van der Waals surface area (Å²) >= 11 is 0. The first-order valence-electron chi connectivity index (χ1n) is 8.62. The van der Waals surface area contributed by atoms with Crippen LogP contribution in [0.4, 0.5) is 13.2 Å². The van der Waals surface area contributed by atoms with Gasteiger partial charge in [-0.3, -0.25) is 4.68 Å². The largest absolute Gasteiger partial charge is 0.462 e. The van der Waals surface area contributed by atoms with E-state index in [2.05, 4.69) is 5.10 Å². The molecule has 0 amide bonds. The van der Waals surface area contributed by atoms with Gasteiger partial charge in [0.2, 0.25) is 0 Å². The Morgan fingerprint density at radius 2 is 1.82 bits per heavy atom. The van der Waals surface area contributed by atoms with Gasteiger partial charge in [-0.15, -0.1) is 0 Å². The fourth-order valence-electron chi connectivity index (χ4n) is 3.30. The molecule has 28 heavy (non-hydrogen) atoms. The number of alkyl halides is 3. The van der Waals surface area contributed by atoms with E-state index in [1.54, 1.807) is 43.0 Å². The molecule has 0 spiro atoms. The molecule has 8 heteroatoms. The molecule has 2 aromatic carbocycles. The Kier molecular flexibility index (Phi) is 4.14. The van der Waals surface area contributed by atoms with E-state index >= 15 is 0 Å². The van der Waals surface area contributed by atoms with E-state index in [1.165, 1.54) is 12.1 Å². The van der Waals surface area contributed by atoms with Gasteiger partial charge in [0.15, 0.2) is 0 Å². The molecule has 0 radical (unpaired) electrons. The highest BCUT2D eigenvalue weighted by Crippen LogP contribution is 2.34. The fraction of sp³-hybridized carbons (Fsp3) is 0.200. The Hall–Kier alpha value is -3.29. The fourth-order valence-corrected chi connectivity index (χ4v) is 3.30. The van der Waals surface area contributed by atoms with Gasteiger partial charge >= 0.3 is 12.1 Å². The van der Waals surface area contributed by atoms with Crippen molar-refractivity contribution in [3.05, 3.63) is 59.8 Å². The number of halogens is 3. The number of nitrogens with zero attached hydrogens (tertiary/aromatic N) is 3. The molecule has 4 rings (SSSR count). The van der Waals surface area contributed by atoms with Gasteiger partial charge in [-0.25, -0.2) is 4.79 Å². The van der Waals surface area contributed by atoms with Gasteiger partial charge in [-0.2, -0.15) is 18.3 Å². The van der Waals surface area contributed by atoms with Crippen molar-refractivity contribution in [3.63, 3.8) is 0 Å². The van der Waals surface area contributed by atoms with Crippen molar-refractivity contribution >= 4 is 27.9 Å². The van der Waals surface area contributed by atoms with Crippen molar-refractivity contribution in [1.82, 2.24) is 14.3 Å². The SMILES string of the molecule is CCOC(=O)c1ccc2c(c1)c1nn(C)cc1n2-c1ccc(C(F)(F)F)cc1. The molecule has 0 fully saturated rings. The summed E-state index contributed by atoms with van der Waals surface area (Å²) in [6.45, 7) is 2.00. The summed E-state index contributed by atoms with van der Waals surface area (Å²) in [6, 6.07) is 10.0. The molecule has 5 nitrogen and oxygen atoms in total. The van der Waals surface area contributed by atoms with E-state index < -0.39 is 17.7 Å². The number of esters is 1. The van der Waals surface area contributed by atoms with Gasteiger partial charge in [0.05, 0.1) is 28.8 Å². The minimum absolute atomic E-state index is 0.266. The Labute approximate surface area is 157 Å². The number of carbonyl (C=O) groups is 1. The normalized spacial score (nSPS) is 12.0. The molecule has 2 heterocycles. The van der Waals surface area contributed by atoms with Crippen molar-refractivity contribution in [2.45, 2.75) is 13.1 Å². The summed E-state index contributed by atoms with van der Waals surface area (Å²) < 4.78 is 47.2. The van der Waals surface area contributed by atoms with Crippen LogP contribution in [0.5, 0.6) is 0 Å². The number of aryl methyl sites for hydroxylation is 1. The highest BCUT2D eigenvalue weighted by atomic mass is 19.4. The first-order valence-corrected chi connectivity index (χ1v) is 8.62. The van der Waals surface area contributed by atoms with Crippen LogP contribution in [0.3, 0.4) is 0 Å². The smallest absolute Gasteiger partial charge is 0.416 e. The third-order valence-electron chi connectivity index (χ3n) is 4.51. The molecule has 144 valence electrons. The monoisotopic (exact) mass is 387 g/mol. The summed E-state index contributed by atoms with van der Waals surface area (Å²) in [5, 5.41) is 5.18. The second-order valence-electron chi connectivity index (χ2n) is 6.37. The number of benzene rings is 2. The average molecular weight is 387 g/mol. The number of rotatable bonds is 3. The lowest BCUT2D eigenvalue weighted by Crippen LogP contribution is -2.05. The minimum Gasteiger partial charge on any atom is -0.462 e. The molecule has 0 unspecified atom stereocenters. The molecule has 0 atom stereocenters. The lowest BCUT2D eigenvalue weighted by atomic mass is 10.1. The summed E-state index contributed by atoms with van der Waals surface area (Å²) in [5.74, 6) is -0.434. The highest BCUT2D eigenvalue weighted by molar-refractivity contribution is 6.09. The summed E-state index contributed by atoms with van der Waals surface area (Å²) in [5.41, 5.74) is 2.39. The van der Waals surface area contributed by atoms with Crippen LogP contribution in [-0.4, -0.2) is 26.9 Å². The van der Waals surface area contributed by atoms with Crippen LogP contribution < -0.4 is 0 Å². The molecule has 0 aliphatic carbocycles. The molecular weight excluding hydrogens is 371 g/mol. The Morgan fingerprint density at radius 1 is 1.11 bits per heavy atom. The van der Waals surface area contributed by atoms with Gasteiger partial charge in [-0.05, 0) is 49.4 Å². The van der Waals surface area contributed by atoms with E-state index in [1.807, 2.05) is 4.57 Å². The third kappa shape index (κ3) is 2.90. The molecule has 2 aromatic heterocycles. The number of aromatic nitrogens is 3. The molecule has 0 saturated carbocycles. The molecule has 0 aliphatic rings. The van der Waals surface area contributed by atoms with Crippen molar-refractivity contribution in [2.24, 2.45) is 7.05 Å². The van der Waals surface area contributed by atoms with Gasteiger partial charge in [0.1, 0.15) is 5.52 Å². The molecular formula is C20H16F3N3O2. The number of ether oxygens (including phenoxy) is 1. The number of fused-ring (bicyclic) bond motifs is 3. The predicted octanol–water partition coefficient (Wildman–Crippen LogP) is 4.71. The zero-order chi connectivity index (χ0) is 20.1. The van der Waals surface area contributed by atoms with Crippen LogP contribution in [0, 0.1) is 0 Å². The molecule has 0 bridgehead atoms. The van der Waals surface area contributed by atoms with Crippen molar-refractivity contribution in [3.8, 4) is 5.69 Å². The van der Waals surface area contributed by atoms with E-state index in [9.17, 15) is 18.0 Å². The van der Waals surface area contributed by atoms with E-state index in [4.69, 9.17) is 4.74 Å².